The van der Waals surface area contributed by atoms with Crippen LogP contribution in [0.1, 0.15) is 55.3 Å². The minimum absolute atomic E-state index is 0.0652. The molecule has 5 nitrogen and oxygen atoms in total. The number of aromatic nitrogens is 1. The zero-order valence-electron chi connectivity index (χ0n) is 10.4. The minimum atomic E-state index is -0.275. The van der Waals surface area contributed by atoms with Gasteiger partial charge in [0, 0.05) is 25.1 Å². The molecule has 1 amide bonds. The molecule has 1 aromatic heterocycles. The molecule has 1 aromatic rings. The van der Waals surface area contributed by atoms with E-state index >= 15 is 0 Å². The number of rotatable bonds is 7. The standard InChI is InChI=1S/C12H20N2O3/c1-3-9(4-2)10-8-11(17-14-10)12(16)13-6-5-7-15/h8-9,15H,3-7H2,1-2H3,(H,13,16). The fraction of sp³-hybridized carbons (Fsp3) is 0.667. The lowest BCUT2D eigenvalue weighted by Gasteiger charge is -2.05. The van der Waals surface area contributed by atoms with E-state index in [-0.39, 0.29) is 18.3 Å². The fourth-order valence-corrected chi connectivity index (χ4v) is 1.66. The summed E-state index contributed by atoms with van der Waals surface area (Å²) < 4.78 is 5.02. The van der Waals surface area contributed by atoms with Gasteiger partial charge in [0.05, 0.1) is 5.69 Å². The highest BCUT2D eigenvalue weighted by Crippen LogP contribution is 2.22. The van der Waals surface area contributed by atoms with Crippen molar-refractivity contribution in [1.82, 2.24) is 10.5 Å². The maximum absolute atomic E-state index is 11.6. The first-order chi connectivity index (χ1) is 8.22. The number of nitrogens with zero attached hydrogens (tertiary/aromatic N) is 1. The van der Waals surface area contributed by atoms with Crippen LogP contribution in [0.15, 0.2) is 10.6 Å². The quantitative estimate of drug-likeness (QED) is 0.711. The van der Waals surface area contributed by atoms with Crippen LogP contribution in [0.2, 0.25) is 0 Å². The molecule has 0 saturated heterocycles. The van der Waals surface area contributed by atoms with Gasteiger partial charge in [0.15, 0.2) is 0 Å². The Balaban J connectivity index is 2.57. The van der Waals surface area contributed by atoms with Crippen molar-refractivity contribution in [1.29, 1.82) is 0 Å². The van der Waals surface area contributed by atoms with Gasteiger partial charge in [0.2, 0.25) is 5.76 Å². The Morgan fingerprint density at radius 1 is 1.53 bits per heavy atom. The van der Waals surface area contributed by atoms with Crippen LogP contribution in [0, 0.1) is 0 Å². The normalized spacial score (nSPS) is 10.8. The van der Waals surface area contributed by atoms with E-state index in [2.05, 4.69) is 24.3 Å². The van der Waals surface area contributed by atoms with E-state index in [0.29, 0.717) is 18.9 Å². The summed E-state index contributed by atoms with van der Waals surface area (Å²) in [5, 5.41) is 15.2. The highest BCUT2D eigenvalue weighted by molar-refractivity contribution is 5.91. The SMILES string of the molecule is CCC(CC)c1cc(C(=O)NCCCO)on1. The summed E-state index contributed by atoms with van der Waals surface area (Å²) in [4.78, 5) is 11.6. The van der Waals surface area contributed by atoms with Crippen LogP contribution < -0.4 is 5.32 Å². The van der Waals surface area contributed by atoms with Crippen LogP contribution in [-0.4, -0.2) is 29.3 Å². The zero-order chi connectivity index (χ0) is 12.7. The topological polar surface area (TPSA) is 75.4 Å². The van der Waals surface area contributed by atoms with E-state index in [0.717, 1.165) is 18.5 Å². The third-order valence-corrected chi connectivity index (χ3v) is 2.78. The molecule has 2 N–H and O–H groups in total. The second-order valence-electron chi connectivity index (χ2n) is 3.96. The molecule has 1 rings (SSSR count). The summed E-state index contributed by atoms with van der Waals surface area (Å²) in [6, 6.07) is 1.70. The third kappa shape index (κ3) is 3.85. The van der Waals surface area contributed by atoms with Crippen molar-refractivity contribution in [2.45, 2.75) is 39.0 Å². The highest BCUT2D eigenvalue weighted by Gasteiger charge is 2.16. The molecule has 0 bridgehead atoms. The van der Waals surface area contributed by atoms with Crippen molar-refractivity contribution in [3.05, 3.63) is 17.5 Å². The summed E-state index contributed by atoms with van der Waals surface area (Å²) in [6.07, 6.45) is 2.50. The average Bonchev–Trinajstić information content (AvgIpc) is 2.80. The number of amides is 1. The molecule has 0 aliphatic carbocycles. The van der Waals surface area contributed by atoms with Crippen molar-refractivity contribution < 1.29 is 14.4 Å². The van der Waals surface area contributed by atoms with Gasteiger partial charge < -0.3 is 14.9 Å². The molecular weight excluding hydrogens is 220 g/mol. The molecule has 0 atom stereocenters. The van der Waals surface area contributed by atoms with Crippen LogP contribution in [-0.2, 0) is 0 Å². The number of carbonyl (C=O) groups is 1. The van der Waals surface area contributed by atoms with E-state index in [1.165, 1.54) is 0 Å². The van der Waals surface area contributed by atoms with Crippen molar-refractivity contribution in [2.24, 2.45) is 0 Å². The van der Waals surface area contributed by atoms with E-state index in [1.54, 1.807) is 6.07 Å². The summed E-state index contributed by atoms with van der Waals surface area (Å²) in [7, 11) is 0. The number of aliphatic hydroxyl groups is 1. The Kier molecular flexibility index (Phi) is 5.69. The second-order valence-corrected chi connectivity index (χ2v) is 3.96. The Hall–Kier alpha value is -1.36. The predicted molar refractivity (Wildman–Crippen MR) is 63.9 cm³/mol. The van der Waals surface area contributed by atoms with Gasteiger partial charge >= 0.3 is 0 Å². The van der Waals surface area contributed by atoms with Gasteiger partial charge in [-0.3, -0.25) is 4.79 Å². The molecule has 1 heterocycles. The van der Waals surface area contributed by atoms with E-state index < -0.39 is 0 Å². The second kappa shape index (κ2) is 7.06. The number of aliphatic hydroxyl groups excluding tert-OH is 1. The van der Waals surface area contributed by atoms with Crippen molar-refractivity contribution >= 4 is 5.91 Å². The molecule has 0 unspecified atom stereocenters. The molecule has 0 fully saturated rings. The zero-order valence-corrected chi connectivity index (χ0v) is 10.4. The van der Waals surface area contributed by atoms with Crippen LogP contribution in [0.25, 0.3) is 0 Å². The Labute approximate surface area is 101 Å². The molecular formula is C12H20N2O3. The number of nitrogens with one attached hydrogen (secondary N) is 1. The van der Waals surface area contributed by atoms with Crippen LogP contribution in [0.4, 0.5) is 0 Å². The monoisotopic (exact) mass is 240 g/mol. The molecule has 0 aromatic carbocycles. The first-order valence-electron chi connectivity index (χ1n) is 6.08. The lowest BCUT2D eigenvalue weighted by Crippen LogP contribution is -2.24. The van der Waals surface area contributed by atoms with Crippen molar-refractivity contribution in [2.75, 3.05) is 13.2 Å². The first-order valence-corrected chi connectivity index (χ1v) is 6.08. The van der Waals surface area contributed by atoms with E-state index in [9.17, 15) is 4.79 Å². The minimum Gasteiger partial charge on any atom is -0.396 e. The summed E-state index contributed by atoms with van der Waals surface area (Å²) in [6.45, 7) is 4.68. The molecule has 0 radical (unpaired) electrons. The Bertz CT molecular complexity index is 345. The number of hydrogen-bond donors (Lipinski definition) is 2. The van der Waals surface area contributed by atoms with Gasteiger partial charge in [-0.15, -0.1) is 0 Å². The van der Waals surface area contributed by atoms with Crippen LogP contribution in [0.5, 0.6) is 0 Å². The molecule has 0 aliphatic rings. The molecule has 96 valence electrons. The van der Waals surface area contributed by atoms with Crippen molar-refractivity contribution in [3.63, 3.8) is 0 Å². The highest BCUT2D eigenvalue weighted by atomic mass is 16.5. The van der Waals surface area contributed by atoms with Gasteiger partial charge in [-0.1, -0.05) is 19.0 Å². The van der Waals surface area contributed by atoms with Gasteiger partial charge in [-0.2, -0.15) is 0 Å². The third-order valence-electron chi connectivity index (χ3n) is 2.78. The molecule has 5 heteroatoms. The Morgan fingerprint density at radius 3 is 2.82 bits per heavy atom. The van der Waals surface area contributed by atoms with Crippen molar-refractivity contribution in [3.8, 4) is 0 Å². The maximum Gasteiger partial charge on any atom is 0.289 e. The predicted octanol–water partition coefficient (Wildman–Crippen LogP) is 1.69. The summed E-state index contributed by atoms with van der Waals surface area (Å²) >= 11 is 0. The molecule has 17 heavy (non-hydrogen) atoms. The lowest BCUT2D eigenvalue weighted by atomic mass is 9.99. The molecule has 0 saturated carbocycles. The molecule has 0 aliphatic heterocycles. The van der Waals surface area contributed by atoms with Crippen LogP contribution >= 0.6 is 0 Å². The van der Waals surface area contributed by atoms with Gasteiger partial charge in [0.25, 0.3) is 5.91 Å². The summed E-state index contributed by atoms with van der Waals surface area (Å²) in [5.74, 6) is 0.311. The lowest BCUT2D eigenvalue weighted by molar-refractivity contribution is 0.0914. The first kappa shape index (κ1) is 13.7. The largest absolute Gasteiger partial charge is 0.396 e. The van der Waals surface area contributed by atoms with Crippen LogP contribution in [0.3, 0.4) is 0 Å². The molecule has 0 spiro atoms. The van der Waals surface area contributed by atoms with Gasteiger partial charge in [-0.05, 0) is 19.3 Å². The number of carbonyl (C=O) groups excluding carboxylic acids is 1. The number of hydrogen-bond acceptors (Lipinski definition) is 4. The fourth-order valence-electron chi connectivity index (χ4n) is 1.66. The van der Waals surface area contributed by atoms with E-state index in [4.69, 9.17) is 9.63 Å². The average molecular weight is 240 g/mol. The van der Waals surface area contributed by atoms with Gasteiger partial charge in [-0.25, -0.2) is 0 Å². The van der Waals surface area contributed by atoms with Gasteiger partial charge in [0.1, 0.15) is 0 Å². The van der Waals surface area contributed by atoms with E-state index in [1.807, 2.05) is 0 Å². The Morgan fingerprint density at radius 2 is 2.24 bits per heavy atom. The maximum atomic E-state index is 11.6. The summed E-state index contributed by atoms with van der Waals surface area (Å²) in [5.41, 5.74) is 0.835. The smallest absolute Gasteiger partial charge is 0.289 e.